The van der Waals surface area contributed by atoms with Crippen molar-refractivity contribution in [3.8, 4) is 0 Å². The maximum absolute atomic E-state index is 13.2. The van der Waals surface area contributed by atoms with Gasteiger partial charge in [-0.15, -0.1) is 0 Å². The Balaban J connectivity index is 1.78. The van der Waals surface area contributed by atoms with Crippen LogP contribution in [0, 0.1) is 5.92 Å². The first kappa shape index (κ1) is 18.8. The minimum atomic E-state index is -0.930. The van der Waals surface area contributed by atoms with E-state index in [1.165, 1.54) is 6.08 Å². The van der Waals surface area contributed by atoms with Crippen LogP contribution in [0.5, 0.6) is 0 Å². The van der Waals surface area contributed by atoms with Crippen LogP contribution in [-0.2, 0) is 26.9 Å². The number of likely N-dealkylation sites (tertiary alicyclic amines) is 1. The second kappa shape index (κ2) is 8.16. The van der Waals surface area contributed by atoms with E-state index in [1.807, 2.05) is 22.7 Å². The lowest BCUT2D eigenvalue weighted by Crippen LogP contribution is -2.50. The smallest absolute Gasteiger partial charge is 0.245 e. The molecule has 0 saturated carbocycles. The molecule has 7 nitrogen and oxygen atoms in total. The first-order valence-corrected chi connectivity index (χ1v) is 10.6. The van der Waals surface area contributed by atoms with Crippen molar-refractivity contribution in [2.24, 2.45) is 5.92 Å². The van der Waals surface area contributed by atoms with E-state index in [4.69, 9.17) is 0 Å². The monoisotopic (exact) mass is 378 g/mol. The number of carbonyl (C=O) groups is 2. The number of piperidine rings is 1. The summed E-state index contributed by atoms with van der Waals surface area (Å²) in [5.41, 5.74) is 0.933. The Hall–Kier alpha value is -1.96. The number of amides is 2. The molecule has 0 aromatic carbocycles. The van der Waals surface area contributed by atoms with Gasteiger partial charge in [0.1, 0.15) is 0 Å². The summed E-state index contributed by atoms with van der Waals surface area (Å²) in [7, 11) is -0.930. The van der Waals surface area contributed by atoms with Crippen molar-refractivity contribution in [1.29, 1.82) is 0 Å². The van der Waals surface area contributed by atoms with Gasteiger partial charge in [0.05, 0.1) is 18.2 Å². The van der Waals surface area contributed by atoms with Gasteiger partial charge in [0.15, 0.2) is 0 Å². The molecule has 0 bridgehead atoms. The predicted octanol–water partition coefficient (Wildman–Crippen LogP) is 0.960. The van der Waals surface area contributed by atoms with Gasteiger partial charge < -0.3 is 9.80 Å². The highest BCUT2D eigenvalue weighted by atomic mass is 32.2. The van der Waals surface area contributed by atoms with Gasteiger partial charge in [-0.25, -0.2) is 0 Å². The van der Waals surface area contributed by atoms with E-state index in [-0.39, 0.29) is 23.8 Å². The zero-order valence-electron chi connectivity index (χ0n) is 15.2. The van der Waals surface area contributed by atoms with Gasteiger partial charge in [0, 0.05) is 60.2 Å². The van der Waals surface area contributed by atoms with Crippen molar-refractivity contribution < 1.29 is 13.8 Å². The number of rotatable bonds is 4. The molecule has 3 unspecified atom stereocenters. The molecule has 26 heavy (non-hydrogen) atoms. The predicted molar refractivity (Wildman–Crippen MR) is 99.7 cm³/mol. The molecule has 0 aliphatic carbocycles. The first-order chi connectivity index (χ1) is 12.5. The fourth-order valence-electron chi connectivity index (χ4n) is 3.71. The van der Waals surface area contributed by atoms with Gasteiger partial charge in [0.2, 0.25) is 11.8 Å². The molecule has 1 aromatic rings. The molecule has 8 heteroatoms. The largest absolute Gasteiger partial charge is 0.338 e. The van der Waals surface area contributed by atoms with E-state index in [0.29, 0.717) is 31.1 Å². The molecule has 142 valence electrons. The molecule has 2 saturated heterocycles. The number of aromatic nitrogens is 2. The molecule has 3 heterocycles. The third kappa shape index (κ3) is 3.90. The van der Waals surface area contributed by atoms with Gasteiger partial charge in [0.25, 0.3) is 0 Å². The quantitative estimate of drug-likeness (QED) is 0.732. The van der Waals surface area contributed by atoms with E-state index in [2.05, 4.69) is 11.7 Å². The summed E-state index contributed by atoms with van der Waals surface area (Å²) in [6, 6.07) is -0.206. The molecule has 0 N–H and O–H groups in total. The molecular formula is C18H26N4O3S. The normalized spacial score (nSPS) is 26.6. The number of hydrogen-bond acceptors (Lipinski definition) is 4. The van der Waals surface area contributed by atoms with Crippen LogP contribution in [0.1, 0.15) is 31.4 Å². The first-order valence-electron chi connectivity index (χ1n) is 9.12. The number of nitrogens with zero attached hydrogens (tertiary/aromatic N) is 4. The van der Waals surface area contributed by atoms with Crippen molar-refractivity contribution >= 4 is 22.6 Å². The van der Waals surface area contributed by atoms with Gasteiger partial charge in [-0.2, -0.15) is 5.10 Å². The van der Waals surface area contributed by atoms with Crippen LogP contribution in [0.15, 0.2) is 25.0 Å². The molecule has 3 rings (SSSR count). The number of carbonyl (C=O) groups excluding carboxylic acids is 2. The molecule has 1 aromatic heterocycles. The highest BCUT2D eigenvalue weighted by molar-refractivity contribution is 7.85. The van der Waals surface area contributed by atoms with Crippen LogP contribution in [0.25, 0.3) is 0 Å². The third-order valence-electron chi connectivity index (χ3n) is 5.18. The average molecular weight is 378 g/mol. The van der Waals surface area contributed by atoms with E-state index >= 15 is 0 Å². The summed E-state index contributed by atoms with van der Waals surface area (Å²) in [5, 5.41) is 4.30. The van der Waals surface area contributed by atoms with Crippen molar-refractivity contribution in [1.82, 2.24) is 19.6 Å². The Bertz CT molecular complexity index is 717. The van der Waals surface area contributed by atoms with Gasteiger partial charge in [-0.1, -0.05) is 6.58 Å². The fraction of sp³-hybridized carbons (Fsp3) is 0.611. The third-order valence-corrected chi connectivity index (χ3v) is 6.51. The lowest BCUT2D eigenvalue weighted by atomic mass is 9.95. The highest BCUT2D eigenvalue weighted by Gasteiger charge is 2.37. The summed E-state index contributed by atoms with van der Waals surface area (Å²) < 4.78 is 13.9. The highest BCUT2D eigenvalue weighted by Crippen LogP contribution is 2.29. The Kier molecular flexibility index (Phi) is 5.90. The van der Waals surface area contributed by atoms with Crippen LogP contribution in [-0.4, -0.2) is 66.7 Å². The molecule has 2 aliphatic heterocycles. The maximum Gasteiger partial charge on any atom is 0.245 e. The maximum atomic E-state index is 13.2. The average Bonchev–Trinajstić information content (AvgIpc) is 3.16. The van der Waals surface area contributed by atoms with E-state index < -0.39 is 10.8 Å². The zero-order chi connectivity index (χ0) is 18.7. The van der Waals surface area contributed by atoms with Gasteiger partial charge >= 0.3 is 0 Å². The Morgan fingerprint density at radius 2 is 2.23 bits per heavy atom. The fourth-order valence-corrected chi connectivity index (χ4v) is 5.00. The number of hydrogen-bond donors (Lipinski definition) is 0. The van der Waals surface area contributed by atoms with E-state index in [1.54, 1.807) is 11.1 Å². The molecule has 0 spiro atoms. The molecule has 2 aliphatic rings. The van der Waals surface area contributed by atoms with Crippen molar-refractivity contribution in [3.63, 3.8) is 0 Å². The van der Waals surface area contributed by atoms with Crippen LogP contribution in [0.3, 0.4) is 0 Å². The summed E-state index contributed by atoms with van der Waals surface area (Å²) in [6.07, 6.45) is 6.60. The topological polar surface area (TPSA) is 75.5 Å². The second-order valence-corrected chi connectivity index (χ2v) is 8.44. The van der Waals surface area contributed by atoms with Crippen LogP contribution >= 0.6 is 0 Å². The Morgan fingerprint density at radius 3 is 2.92 bits per heavy atom. The standard InChI is InChI=1S/C18H26N4O3S/c1-3-17(23)20-7-5-6-14(11-20)18(24)22-8-9-26(25)13-16(22)15-10-19-21(4-2)12-15/h3,10,12,14,16H,1,4-9,11,13H2,2H3. The lowest BCUT2D eigenvalue weighted by Gasteiger charge is -2.39. The summed E-state index contributed by atoms with van der Waals surface area (Å²) in [4.78, 5) is 28.7. The summed E-state index contributed by atoms with van der Waals surface area (Å²) in [6.45, 7) is 7.89. The van der Waals surface area contributed by atoms with Crippen molar-refractivity contribution in [2.75, 3.05) is 31.1 Å². The lowest BCUT2D eigenvalue weighted by molar-refractivity contribution is -0.141. The number of aryl methyl sites for hydroxylation is 1. The van der Waals surface area contributed by atoms with Crippen LogP contribution in [0.4, 0.5) is 0 Å². The summed E-state index contributed by atoms with van der Waals surface area (Å²) in [5.74, 6) is 0.679. The van der Waals surface area contributed by atoms with Crippen molar-refractivity contribution in [2.45, 2.75) is 32.4 Å². The molecule has 2 fully saturated rings. The van der Waals surface area contributed by atoms with Gasteiger partial charge in [-0.3, -0.25) is 18.5 Å². The Morgan fingerprint density at radius 1 is 1.42 bits per heavy atom. The van der Waals surface area contributed by atoms with Gasteiger partial charge in [-0.05, 0) is 25.8 Å². The molecular weight excluding hydrogens is 352 g/mol. The van der Waals surface area contributed by atoms with Crippen molar-refractivity contribution in [3.05, 3.63) is 30.6 Å². The van der Waals surface area contributed by atoms with Crippen LogP contribution in [0.2, 0.25) is 0 Å². The SMILES string of the molecule is C=CC(=O)N1CCCC(C(=O)N2CCS(=O)CC2c2cnn(CC)c2)C1. The van der Waals surface area contributed by atoms with E-state index in [9.17, 15) is 13.8 Å². The molecule has 3 atom stereocenters. The molecule has 0 radical (unpaired) electrons. The minimum Gasteiger partial charge on any atom is -0.338 e. The van der Waals surface area contributed by atoms with Crippen LogP contribution < -0.4 is 0 Å². The van der Waals surface area contributed by atoms with E-state index in [0.717, 1.165) is 24.9 Å². The minimum absolute atomic E-state index is 0.0533. The second-order valence-electron chi connectivity index (χ2n) is 6.81. The molecule has 2 amide bonds. The summed E-state index contributed by atoms with van der Waals surface area (Å²) >= 11 is 0. The Labute approximate surface area is 156 Å². The zero-order valence-corrected chi connectivity index (χ0v) is 16.0.